The van der Waals surface area contributed by atoms with Gasteiger partial charge in [0.05, 0.1) is 25.3 Å². The van der Waals surface area contributed by atoms with Crippen molar-refractivity contribution < 1.29 is 14.6 Å². The highest BCUT2D eigenvalue weighted by atomic mass is 16.5. The molecule has 8 heteroatoms. The van der Waals surface area contributed by atoms with E-state index in [1.807, 2.05) is 10.9 Å². The van der Waals surface area contributed by atoms with Crippen molar-refractivity contribution in [3.8, 4) is 0 Å². The number of piperidine rings is 3. The molecule has 1 aromatic rings. The molecule has 2 bridgehead atoms. The van der Waals surface area contributed by atoms with E-state index < -0.39 is 5.60 Å². The molecule has 1 aliphatic carbocycles. The molecule has 0 aromatic carbocycles. The van der Waals surface area contributed by atoms with Crippen molar-refractivity contribution in [2.45, 2.75) is 63.1 Å². The fourth-order valence-electron chi connectivity index (χ4n) is 5.24. The van der Waals surface area contributed by atoms with Gasteiger partial charge in [0.15, 0.2) is 0 Å². The number of carbonyl (C=O) groups excluding carboxylic acids is 1. The number of fused-ring (bicyclic) bond motifs is 3. The van der Waals surface area contributed by atoms with Crippen molar-refractivity contribution in [1.29, 1.82) is 0 Å². The maximum absolute atomic E-state index is 12.5. The third kappa shape index (κ3) is 4.09. The molecule has 0 spiro atoms. The minimum absolute atomic E-state index is 0.0797. The summed E-state index contributed by atoms with van der Waals surface area (Å²) in [7, 11) is 1.65. The lowest BCUT2D eigenvalue weighted by molar-refractivity contribution is -0.133. The van der Waals surface area contributed by atoms with Crippen LogP contribution in [0.4, 0.5) is 0 Å². The van der Waals surface area contributed by atoms with Crippen LogP contribution in [0.1, 0.15) is 50.6 Å². The molecule has 3 saturated heterocycles. The van der Waals surface area contributed by atoms with Gasteiger partial charge >= 0.3 is 0 Å². The van der Waals surface area contributed by atoms with E-state index in [2.05, 4.69) is 20.5 Å². The summed E-state index contributed by atoms with van der Waals surface area (Å²) in [5.41, 5.74) is -0.0770. The number of methoxy groups -OCH3 is 1. The Bertz CT molecular complexity index is 673. The lowest BCUT2D eigenvalue weighted by Gasteiger charge is -2.49. The molecule has 28 heavy (non-hydrogen) atoms. The van der Waals surface area contributed by atoms with Crippen LogP contribution in [0.15, 0.2) is 6.20 Å². The molecule has 4 atom stereocenters. The quantitative estimate of drug-likeness (QED) is 0.671. The molecular formula is C20H33N5O3. The number of amides is 1. The van der Waals surface area contributed by atoms with Crippen LogP contribution in [-0.2, 0) is 21.7 Å². The summed E-state index contributed by atoms with van der Waals surface area (Å²) in [6.07, 6.45) is 8.89. The van der Waals surface area contributed by atoms with Crippen molar-refractivity contribution in [2.24, 2.45) is 11.8 Å². The first-order valence-corrected chi connectivity index (χ1v) is 10.7. The first kappa shape index (κ1) is 19.8. The van der Waals surface area contributed by atoms with E-state index >= 15 is 0 Å². The highest BCUT2D eigenvalue weighted by Crippen LogP contribution is 2.38. The summed E-state index contributed by atoms with van der Waals surface area (Å²) in [4.78, 5) is 14.9. The molecule has 4 heterocycles. The zero-order valence-electron chi connectivity index (χ0n) is 16.8. The molecule has 156 valence electrons. The molecule has 1 amide bonds. The molecule has 2 unspecified atom stereocenters. The van der Waals surface area contributed by atoms with Gasteiger partial charge in [-0.3, -0.25) is 14.4 Å². The normalized spacial score (nSPS) is 31.6. The summed E-state index contributed by atoms with van der Waals surface area (Å²) in [6, 6.07) is 0.386. The Morgan fingerprint density at radius 1 is 1.39 bits per heavy atom. The van der Waals surface area contributed by atoms with E-state index in [1.165, 1.54) is 6.42 Å². The van der Waals surface area contributed by atoms with Crippen LogP contribution in [0.25, 0.3) is 0 Å². The number of aliphatic hydroxyl groups is 1. The van der Waals surface area contributed by atoms with Gasteiger partial charge in [0.2, 0.25) is 5.91 Å². The van der Waals surface area contributed by atoms with Crippen molar-refractivity contribution >= 4 is 5.91 Å². The van der Waals surface area contributed by atoms with Crippen LogP contribution in [0.2, 0.25) is 0 Å². The Hall–Kier alpha value is -1.51. The SMILES string of the molecule is COCCNC(=O)[C@H]1CN2CCC1C[C@@H]2Cn1cc(C2(O)CCCCC2)nn1. The zero-order chi connectivity index (χ0) is 19.6. The second-order valence-electron chi connectivity index (χ2n) is 8.74. The van der Waals surface area contributed by atoms with E-state index in [0.29, 0.717) is 25.1 Å². The number of nitrogens with one attached hydrogen (secondary N) is 1. The highest BCUT2D eigenvalue weighted by Gasteiger charge is 2.43. The van der Waals surface area contributed by atoms with Gasteiger partial charge in [0.1, 0.15) is 11.3 Å². The molecule has 1 saturated carbocycles. The molecule has 2 N–H and O–H groups in total. The summed E-state index contributed by atoms with van der Waals surface area (Å²) < 4.78 is 6.91. The molecule has 0 radical (unpaired) electrons. The van der Waals surface area contributed by atoms with Crippen molar-refractivity contribution in [3.05, 3.63) is 11.9 Å². The van der Waals surface area contributed by atoms with Crippen LogP contribution in [-0.4, -0.2) is 70.3 Å². The number of hydrogen-bond acceptors (Lipinski definition) is 6. The second kappa shape index (κ2) is 8.47. The van der Waals surface area contributed by atoms with Gasteiger partial charge in [-0.05, 0) is 38.1 Å². The summed E-state index contributed by atoms with van der Waals surface area (Å²) in [5.74, 6) is 0.673. The zero-order valence-corrected chi connectivity index (χ0v) is 16.8. The van der Waals surface area contributed by atoms with Gasteiger partial charge in [-0.25, -0.2) is 0 Å². The van der Waals surface area contributed by atoms with Crippen LogP contribution in [0.5, 0.6) is 0 Å². The Kier molecular flexibility index (Phi) is 5.99. The number of rotatable bonds is 7. The standard InChI is InChI=1S/C20H33N5O3/c1-28-10-8-21-19(26)17-13-24-9-5-15(17)11-16(24)12-25-14-18(22-23-25)20(27)6-3-2-4-7-20/h14-17,27H,2-13H2,1H3,(H,21,26)/t15?,16-,17+/m1/s1. The van der Waals surface area contributed by atoms with Crippen LogP contribution >= 0.6 is 0 Å². The van der Waals surface area contributed by atoms with E-state index in [-0.39, 0.29) is 11.8 Å². The lowest BCUT2D eigenvalue weighted by Crippen LogP contribution is -2.58. The Morgan fingerprint density at radius 3 is 2.93 bits per heavy atom. The largest absolute Gasteiger partial charge is 0.383 e. The molecule has 3 aliphatic heterocycles. The fraction of sp³-hybridized carbons (Fsp3) is 0.850. The van der Waals surface area contributed by atoms with E-state index in [1.54, 1.807) is 7.11 Å². The minimum Gasteiger partial charge on any atom is -0.383 e. The number of carbonyl (C=O) groups is 1. The maximum Gasteiger partial charge on any atom is 0.224 e. The summed E-state index contributed by atoms with van der Waals surface area (Å²) >= 11 is 0. The number of ether oxygens (including phenoxy) is 1. The number of aromatic nitrogens is 3. The summed E-state index contributed by atoms with van der Waals surface area (Å²) in [6.45, 7) is 3.77. The minimum atomic E-state index is -0.798. The van der Waals surface area contributed by atoms with E-state index in [9.17, 15) is 9.90 Å². The fourth-order valence-corrected chi connectivity index (χ4v) is 5.24. The van der Waals surface area contributed by atoms with Crippen LogP contribution in [0, 0.1) is 11.8 Å². The molecule has 8 nitrogen and oxygen atoms in total. The maximum atomic E-state index is 12.5. The van der Waals surface area contributed by atoms with Crippen molar-refractivity contribution in [3.63, 3.8) is 0 Å². The average molecular weight is 392 g/mol. The Labute approximate surface area is 166 Å². The first-order valence-electron chi connectivity index (χ1n) is 10.7. The third-order valence-corrected chi connectivity index (χ3v) is 6.91. The van der Waals surface area contributed by atoms with Crippen molar-refractivity contribution in [1.82, 2.24) is 25.2 Å². The predicted octanol–water partition coefficient (Wildman–Crippen LogP) is 0.903. The second-order valence-corrected chi connectivity index (χ2v) is 8.74. The molecule has 1 aromatic heterocycles. The first-order chi connectivity index (χ1) is 13.6. The topological polar surface area (TPSA) is 92.5 Å². The van der Waals surface area contributed by atoms with Gasteiger partial charge in [0, 0.05) is 26.2 Å². The predicted molar refractivity (Wildman–Crippen MR) is 103 cm³/mol. The van der Waals surface area contributed by atoms with Gasteiger partial charge in [0.25, 0.3) is 0 Å². The van der Waals surface area contributed by atoms with E-state index in [4.69, 9.17) is 4.74 Å². The Balaban J connectivity index is 1.34. The van der Waals surface area contributed by atoms with Gasteiger partial charge in [-0.15, -0.1) is 5.10 Å². The number of hydrogen-bond donors (Lipinski definition) is 2. The Morgan fingerprint density at radius 2 is 2.21 bits per heavy atom. The highest BCUT2D eigenvalue weighted by molar-refractivity contribution is 5.79. The lowest BCUT2D eigenvalue weighted by atomic mass is 9.75. The van der Waals surface area contributed by atoms with E-state index in [0.717, 1.165) is 63.9 Å². The van der Waals surface area contributed by atoms with Gasteiger partial charge < -0.3 is 15.2 Å². The molecular weight excluding hydrogens is 358 g/mol. The monoisotopic (exact) mass is 391 g/mol. The van der Waals surface area contributed by atoms with Crippen molar-refractivity contribution in [2.75, 3.05) is 33.4 Å². The van der Waals surface area contributed by atoms with Crippen LogP contribution in [0.3, 0.4) is 0 Å². The smallest absolute Gasteiger partial charge is 0.224 e. The van der Waals surface area contributed by atoms with Gasteiger partial charge in [-0.2, -0.15) is 0 Å². The summed E-state index contributed by atoms with van der Waals surface area (Å²) in [5, 5.41) is 22.5. The number of nitrogens with zero attached hydrogens (tertiary/aromatic N) is 4. The molecule has 5 rings (SSSR count). The van der Waals surface area contributed by atoms with Gasteiger partial charge in [-0.1, -0.05) is 24.5 Å². The average Bonchev–Trinajstić information content (AvgIpc) is 3.19. The molecule has 4 aliphatic rings. The molecule has 4 fully saturated rings. The van der Waals surface area contributed by atoms with Crippen LogP contribution < -0.4 is 5.32 Å². The third-order valence-electron chi connectivity index (χ3n) is 6.91.